The lowest BCUT2D eigenvalue weighted by Gasteiger charge is -2.72. The number of ketones is 1. The highest BCUT2D eigenvalue weighted by atomic mass is 16.5. The van der Waals surface area contributed by atoms with Gasteiger partial charge in [-0.15, -0.1) is 0 Å². The Bertz CT molecular complexity index is 1910. The van der Waals surface area contributed by atoms with Gasteiger partial charge in [0.25, 0.3) is 5.91 Å². The summed E-state index contributed by atoms with van der Waals surface area (Å²) in [4.78, 5) is 57.1. The van der Waals surface area contributed by atoms with E-state index in [0.29, 0.717) is 48.6 Å². The molecule has 6 aliphatic rings. The van der Waals surface area contributed by atoms with E-state index in [-0.39, 0.29) is 56.9 Å². The molecular formula is C50H75N3O6. The molecule has 6 aliphatic carbocycles. The van der Waals surface area contributed by atoms with Gasteiger partial charge in [0.15, 0.2) is 5.78 Å². The van der Waals surface area contributed by atoms with Crippen molar-refractivity contribution in [2.45, 2.75) is 165 Å². The molecule has 9 heteroatoms. The monoisotopic (exact) mass is 814 g/mol. The Labute approximate surface area is 354 Å². The van der Waals surface area contributed by atoms with Crippen LogP contribution in [0.2, 0.25) is 0 Å². The lowest BCUT2D eigenvalue weighted by atomic mass is 9.33. The first-order chi connectivity index (χ1) is 27.3. The molecule has 0 unspecified atom stereocenters. The van der Waals surface area contributed by atoms with Crippen molar-refractivity contribution in [3.8, 4) is 0 Å². The number of ether oxygens (including phenoxy) is 1. The van der Waals surface area contributed by atoms with Gasteiger partial charge in [-0.2, -0.15) is 0 Å². The highest BCUT2D eigenvalue weighted by Crippen LogP contribution is 2.77. The highest BCUT2D eigenvalue weighted by Gasteiger charge is 2.70. The van der Waals surface area contributed by atoms with E-state index < -0.39 is 22.8 Å². The number of allylic oxidation sites excluding steroid dienone is 2. The fourth-order valence-electron chi connectivity index (χ4n) is 15.0. The molecule has 59 heavy (non-hydrogen) atoms. The van der Waals surface area contributed by atoms with Gasteiger partial charge in [-0.1, -0.05) is 74.0 Å². The maximum Gasteiger partial charge on any atom is 0.309 e. The highest BCUT2D eigenvalue weighted by molar-refractivity contribution is 6.00. The number of nitrogens with zero attached hydrogens (tertiary/aromatic N) is 1. The Kier molecular flexibility index (Phi) is 11.0. The number of hydrogen-bond donors (Lipinski definition) is 3. The second-order valence-corrected chi connectivity index (χ2v) is 23.2. The third-order valence-corrected chi connectivity index (χ3v) is 18.5. The van der Waals surface area contributed by atoms with E-state index in [1.165, 1.54) is 5.57 Å². The van der Waals surface area contributed by atoms with Gasteiger partial charge < -0.3 is 20.5 Å². The molecule has 326 valence electrons. The van der Waals surface area contributed by atoms with Gasteiger partial charge in [0, 0.05) is 35.0 Å². The molecule has 0 spiro atoms. The normalized spacial score (nSPS) is 38.4. The number of carbonyl (C=O) groups is 4. The maximum atomic E-state index is 14.2. The van der Waals surface area contributed by atoms with E-state index in [9.17, 15) is 24.3 Å². The number of Topliss-reactive ketones (excluding diaryl/α,β-unsaturated/α-hetero) is 1. The average molecular weight is 814 g/mol. The first-order valence-corrected chi connectivity index (χ1v) is 23.0. The molecule has 5 fully saturated rings. The number of aliphatic carboxylic acids is 1. The minimum Gasteiger partial charge on any atom is -0.481 e. The molecule has 0 bridgehead atoms. The largest absolute Gasteiger partial charge is 0.481 e. The van der Waals surface area contributed by atoms with Crippen molar-refractivity contribution in [1.82, 2.24) is 15.6 Å². The zero-order chi connectivity index (χ0) is 43.3. The quantitative estimate of drug-likeness (QED) is 0.149. The van der Waals surface area contributed by atoms with Crippen LogP contribution in [0, 0.1) is 74.9 Å². The first-order valence-electron chi connectivity index (χ1n) is 23.0. The summed E-state index contributed by atoms with van der Waals surface area (Å²) in [6.45, 7) is 28.1. The third kappa shape index (κ3) is 6.94. The van der Waals surface area contributed by atoms with Gasteiger partial charge in [-0.3, -0.25) is 19.2 Å². The lowest BCUT2D eigenvalue weighted by molar-refractivity contribution is -0.236. The minimum absolute atomic E-state index is 0.0704. The number of hydrogen-bond acceptors (Lipinski definition) is 7. The van der Waals surface area contributed by atoms with Crippen LogP contribution < -0.4 is 10.6 Å². The van der Waals surface area contributed by atoms with Crippen molar-refractivity contribution in [2.75, 3.05) is 13.1 Å². The standard InChI is InChI=1S/C50H75N3O6/c1-29(2)39-35(54)27-50(24-25-51-28-44(4,5)53-41(55)34-15-13-14-30(3)52-34)23-22-48(11)31(40(39)50)16-17-37-47(10)20-19-38(46(8,9)36(47)18-21-49(37,48)12)59-43(58)33-26-32(42(56)57)45(33,6)7/h13-15,29,31-33,36-38,51H,16-28H2,1-12H3,(H,53,55)(H,56,57)/t31-,32+,33-,36+,37-,38+,47+,48-,49-,50-/m1/s1. The molecule has 1 aromatic heterocycles. The molecule has 1 amide bonds. The summed E-state index contributed by atoms with van der Waals surface area (Å²) in [7, 11) is 0. The van der Waals surface area contributed by atoms with E-state index in [1.54, 1.807) is 6.07 Å². The van der Waals surface area contributed by atoms with Crippen LogP contribution >= 0.6 is 0 Å². The van der Waals surface area contributed by atoms with Crippen LogP contribution in [0.1, 0.15) is 163 Å². The molecule has 0 aromatic carbocycles. The van der Waals surface area contributed by atoms with E-state index >= 15 is 0 Å². The Balaban J connectivity index is 1.07. The first kappa shape index (κ1) is 44.0. The van der Waals surface area contributed by atoms with Gasteiger partial charge in [0.05, 0.1) is 11.8 Å². The van der Waals surface area contributed by atoms with E-state index in [0.717, 1.165) is 75.6 Å². The van der Waals surface area contributed by atoms with E-state index in [2.05, 4.69) is 64.1 Å². The number of amides is 1. The topological polar surface area (TPSA) is 135 Å². The maximum absolute atomic E-state index is 14.2. The SMILES string of the molecule is Cc1cccc(C(=O)NC(C)(C)CNCC[C@@]23CC[C@]4(C)[C@H](CC[C@@H]5[C@@]6(C)CC[C@H](OC(=O)[C@H]7C[C@@H](C(=O)O)C7(C)C)C(C)(C)[C@@H]6CC[C@]54C)C2=C(C(C)C)C(=O)C3)n1. The number of carboxylic acid groups (broad SMARTS) is 1. The number of aromatic nitrogens is 1. The van der Waals surface area contributed by atoms with Crippen LogP contribution in [0.5, 0.6) is 0 Å². The zero-order valence-corrected chi connectivity index (χ0v) is 38.4. The number of esters is 1. The lowest BCUT2D eigenvalue weighted by Crippen LogP contribution is -2.66. The van der Waals surface area contributed by atoms with Crippen molar-refractivity contribution in [3.05, 3.63) is 40.7 Å². The molecular weight excluding hydrogens is 739 g/mol. The minimum atomic E-state index is -0.825. The average Bonchev–Trinajstić information content (AvgIpc) is 3.43. The smallest absolute Gasteiger partial charge is 0.309 e. The summed E-state index contributed by atoms with van der Waals surface area (Å²) in [6.07, 6.45) is 10.2. The summed E-state index contributed by atoms with van der Waals surface area (Å²) >= 11 is 0. The van der Waals surface area contributed by atoms with E-state index in [4.69, 9.17) is 4.74 Å². The molecule has 5 saturated carbocycles. The number of carbonyl (C=O) groups excluding carboxylic acids is 3. The molecule has 0 radical (unpaired) electrons. The van der Waals surface area contributed by atoms with Crippen LogP contribution in [0.3, 0.4) is 0 Å². The zero-order valence-electron chi connectivity index (χ0n) is 38.4. The molecule has 3 N–H and O–H groups in total. The fraction of sp³-hybridized carbons (Fsp3) is 0.780. The second kappa shape index (κ2) is 14.8. The van der Waals surface area contributed by atoms with Gasteiger partial charge in [0.2, 0.25) is 0 Å². The predicted molar refractivity (Wildman–Crippen MR) is 230 cm³/mol. The fourth-order valence-corrected chi connectivity index (χ4v) is 15.0. The number of nitrogens with one attached hydrogen (secondary N) is 2. The number of pyridine rings is 1. The Hall–Kier alpha value is -3.07. The van der Waals surface area contributed by atoms with Crippen molar-refractivity contribution in [2.24, 2.45) is 68.0 Å². The van der Waals surface area contributed by atoms with Crippen LogP contribution in [0.4, 0.5) is 0 Å². The van der Waals surface area contributed by atoms with Gasteiger partial charge >= 0.3 is 11.9 Å². The van der Waals surface area contributed by atoms with Gasteiger partial charge in [0.1, 0.15) is 11.8 Å². The van der Waals surface area contributed by atoms with Crippen LogP contribution in [0.15, 0.2) is 29.3 Å². The van der Waals surface area contributed by atoms with Gasteiger partial charge in [-0.25, -0.2) is 4.98 Å². The van der Waals surface area contributed by atoms with Crippen LogP contribution in [0.25, 0.3) is 0 Å². The summed E-state index contributed by atoms with van der Waals surface area (Å²) in [5.74, 6) is -0.209. The van der Waals surface area contributed by atoms with Crippen molar-refractivity contribution >= 4 is 23.6 Å². The summed E-state index contributed by atoms with van der Waals surface area (Å²) < 4.78 is 6.44. The van der Waals surface area contributed by atoms with Crippen LogP contribution in [-0.2, 0) is 19.1 Å². The number of fused-ring (bicyclic) bond motifs is 7. The number of carboxylic acids is 1. The second-order valence-electron chi connectivity index (χ2n) is 23.2. The summed E-state index contributed by atoms with van der Waals surface area (Å²) in [5.41, 5.74) is 2.75. The Morgan fingerprint density at radius 1 is 0.898 bits per heavy atom. The summed E-state index contributed by atoms with van der Waals surface area (Å²) in [5, 5.41) is 16.6. The molecule has 0 aliphatic heterocycles. The van der Waals surface area contributed by atoms with Gasteiger partial charge in [-0.05, 0) is 155 Å². The molecule has 1 aromatic rings. The predicted octanol–water partition coefficient (Wildman–Crippen LogP) is 9.52. The number of aryl methyl sites for hydroxylation is 1. The third-order valence-electron chi connectivity index (χ3n) is 18.5. The molecule has 7 rings (SSSR count). The molecule has 0 saturated heterocycles. The molecule has 10 atom stereocenters. The molecule has 1 heterocycles. The Morgan fingerprint density at radius 2 is 1.61 bits per heavy atom. The van der Waals surface area contributed by atoms with Crippen molar-refractivity contribution in [3.63, 3.8) is 0 Å². The summed E-state index contributed by atoms with van der Waals surface area (Å²) in [6, 6.07) is 5.50. The van der Waals surface area contributed by atoms with Crippen molar-refractivity contribution in [1.29, 1.82) is 0 Å². The molecule has 9 nitrogen and oxygen atoms in total. The number of rotatable bonds is 11. The van der Waals surface area contributed by atoms with Crippen LogP contribution in [-0.4, -0.2) is 58.5 Å². The Morgan fingerprint density at radius 3 is 2.25 bits per heavy atom. The van der Waals surface area contributed by atoms with Crippen molar-refractivity contribution < 1.29 is 29.0 Å². The van der Waals surface area contributed by atoms with E-state index in [1.807, 2.05) is 46.8 Å².